The second kappa shape index (κ2) is 7.30. The number of hydrogen-bond donors (Lipinski definition) is 3. The summed E-state index contributed by atoms with van der Waals surface area (Å²) in [6.07, 6.45) is 1.47. The van der Waals surface area contributed by atoms with Crippen molar-refractivity contribution in [2.24, 2.45) is 0 Å². The summed E-state index contributed by atoms with van der Waals surface area (Å²) < 4.78 is 0. The smallest absolute Gasteiger partial charge is 0.315 e. The fourth-order valence-electron chi connectivity index (χ4n) is 2.82. The first-order valence-corrected chi connectivity index (χ1v) is 7.88. The van der Waals surface area contributed by atoms with Gasteiger partial charge in [-0.2, -0.15) is 0 Å². The van der Waals surface area contributed by atoms with Crippen LogP contribution in [0.4, 0.5) is 4.79 Å². The summed E-state index contributed by atoms with van der Waals surface area (Å²) in [4.78, 5) is 39.9. The van der Waals surface area contributed by atoms with E-state index in [1.165, 1.54) is 0 Å². The third-order valence-electron chi connectivity index (χ3n) is 3.96. The van der Waals surface area contributed by atoms with E-state index in [9.17, 15) is 14.4 Å². The van der Waals surface area contributed by atoms with Crippen LogP contribution >= 0.6 is 0 Å². The average molecular weight is 320 g/mol. The Labute approximate surface area is 135 Å². The molecule has 0 aliphatic carbocycles. The third kappa shape index (κ3) is 4.58. The van der Waals surface area contributed by atoms with Crippen molar-refractivity contribution >= 4 is 11.9 Å². The largest absolute Gasteiger partial charge is 0.341 e. The number of carbonyl (C=O) groups excluding carboxylic acids is 2. The van der Waals surface area contributed by atoms with Crippen LogP contribution in [0.5, 0.6) is 0 Å². The van der Waals surface area contributed by atoms with Crippen molar-refractivity contribution in [1.29, 1.82) is 0 Å². The lowest BCUT2D eigenvalue weighted by Gasteiger charge is -2.21. The molecule has 0 unspecified atom stereocenters. The number of aryl methyl sites for hydroxylation is 2. The van der Waals surface area contributed by atoms with Crippen LogP contribution < -0.4 is 16.2 Å². The number of likely N-dealkylation sites (tertiary alicyclic amines) is 1. The van der Waals surface area contributed by atoms with Gasteiger partial charge in [0.2, 0.25) is 5.91 Å². The lowest BCUT2D eigenvalue weighted by atomic mass is 10.1. The molecule has 7 nitrogen and oxygen atoms in total. The van der Waals surface area contributed by atoms with Crippen molar-refractivity contribution in [3.05, 3.63) is 33.2 Å². The van der Waals surface area contributed by atoms with Gasteiger partial charge in [0.15, 0.2) is 0 Å². The summed E-state index contributed by atoms with van der Waals surface area (Å²) in [5, 5.41) is 5.49. The number of aromatic nitrogens is 1. The van der Waals surface area contributed by atoms with Gasteiger partial charge in [-0.1, -0.05) is 0 Å². The number of carbonyl (C=O) groups is 2. The average Bonchev–Trinajstić information content (AvgIpc) is 2.82. The highest BCUT2D eigenvalue weighted by molar-refractivity contribution is 5.78. The molecule has 1 saturated heterocycles. The maximum absolute atomic E-state index is 11.9. The van der Waals surface area contributed by atoms with E-state index in [2.05, 4.69) is 15.6 Å². The van der Waals surface area contributed by atoms with Gasteiger partial charge in [0, 0.05) is 36.8 Å². The highest BCUT2D eigenvalue weighted by atomic mass is 16.2. The van der Waals surface area contributed by atoms with Crippen LogP contribution in [-0.2, 0) is 11.3 Å². The molecule has 0 bridgehead atoms. The summed E-state index contributed by atoms with van der Waals surface area (Å²) in [6.45, 7) is 6.96. The van der Waals surface area contributed by atoms with Gasteiger partial charge in [0.05, 0.1) is 6.54 Å². The summed E-state index contributed by atoms with van der Waals surface area (Å²) in [5.74, 6) is 0.140. The van der Waals surface area contributed by atoms with E-state index in [0.717, 1.165) is 24.2 Å². The Hall–Kier alpha value is -2.31. The molecule has 1 fully saturated rings. The highest BCUT2D eigenvalue weighted by Gasteiger charge is 2.22. The Bertz CT molecular complexity index is 653. The summed E-state index contributed by atoms with van der Waals surface area (Å²) in [7, 11) is 0. The normalized spacial score (nSPS) is 15.6. The maximum atomic E-state index is 11.9. The Morgan fingerprint density at radius 1 is 1.39 bits per heavy atom. The van der Waals surface area contributed by atoms with E-state index in [0.29, 0.717) is 18.5 Å². The van der Waals surface area contributed by atoms with Crippen molar-refractivity contribution in [1.82, 2.24) is 20.5 Å². The molecule has 1 aromatic heterocycles. The monoisotopic (exact) mass is 320 g/mol. The van der Waals surface area contributed by atoms with Crippen molar-refractivity contribution in [2.45, 2.75) is 46.2 Å². The minimum atomic E-state index is -0.344. The molecular formula is C16H24N4O3. The van der Waals surface area contributed by atoms with Crippen LogP contribution in [0.25, 0.3) is 0 Å². The SMILES string of the molecule is Cc1cc(C)c(CNC(=O)N[C@H](C)CN2CCCC2=O)c(=O)[nH]1. The van der Waals surface area contributed by atoms with Gasteiger partial charge in [-0.15, -0.1) is 0 Å². The van der Waals surface area contributed by atoms with Crippen molar-refractivity contribution < 1.29 is 9.59 Å². The number of hydrogen-bond acceptors (Lipinski definition) is 3. The molecule has 1 atom stereocenters. The molecule has 0 spiro atoms. The topological polar surface area (TPSA) is 94.3 Å². The number of H-pyrrole nitrogens is 1. The van der Waals surface area contributed by atoms with Crippen LogP contribution in [0.3, 0.4) is 0 Å². The molecule has 7 heteroatoms. The molecule has 0 radical (unpaired) electrons. The Morgan fingerprint density at radius 2 is 2.13 bits per heavy atom. The Balaban J connectivity index is 1.83. The molecule has 1 aliphatic rings. The number of amides is 3. The molecule has 3 N–H and O–H groups in total. The predicted molar refractivity (Wildman–Crippen MR) is 87.2 cm³/mol. The second-order valence-corrected chi connectivity index (χ2v) is 6.11. The van der Waals surface area contributed by atoms with E-state index in [4.69, 9.17) is 0 Å². The molecular weight excluding hydrogens is 296 g/mol. The third-order valence-corrected chi connectivity index (χ3v) is 3.96. The van der Waals surface area contributed by atoms with Crippen molar-refractivity contribution in [2.75, 3.05) is 13.1 Å². The number of nitrogens with one attached hydrogen (secondary N) is 3. The summed E-state index contributed by atoms with van der Waals surface area (Å²) in [5.41, 5.74) is 2.01. The lowest BCUT2D eigenvalue weighted by Crippen LogP contribution is -2.46. The van der Waals surface area contributed by atoms with Crippen molar-refractivity contribution in [3.63, 3.8) is 0 Å². The van der Waals surface area contributed by atoms with Gasteiger partial charge in [-0.25, -0.2) is 4.79 Å². The minimum Gasteiger partial charge on any atom is -0.341 e. The number of pyridine rings is 1. The zero-order valence-corrected chi connectivity index (χ0v) is 13.9. The fourth-order valence-corrected chi connectivity index (χ4v) is 2.82. The Morgan fingerprint density at radius 3 is 2.74 bits per heavy atom. The maximum Gasteiger partial charge on any atom is 0.315 e. The number of rotatable bonds is 5. The van der Waals surface area contributed by atoms with Gasteiger partial charge in [-0.05, 0) is 38.8 Å². The predicted octanol–water partition coefficient (Wildman–Crippen LogP) is 0.802. The van der Waals surface area contributed by atoms with Crippen LogP contribution in [0, 0.1) is 13.8 Å². The quantitative estimate of drug-likeness (QED) is 0.749. The minimum absolute atomic E-state index is 0.140. The zero-order valence-electron chi connectivity index (χ0n) is 13.9. The standard InChI is InChI=1S/C16H24N4O3/c1-10-7-11(2)18-15(22)13(10)8-17-16(23)19-12(3)9-20-6-4-5-14(20)21/h7,12H,4-6,8-9H2,1-3H3,(H,18,22)(H2,17,19,23)/t12-/m1/s1. The molecule has 0 aromatic carbocycles. The molecule has 3 amide bonds. The lowest BCUT2D eigenvalue weighted by molar-refractivity contribution is -0.127. The number of urea groups is 1. The van der Waals surface area contributed by atoms with Crippen LogP contribution in [0.2, 0.25) is 0 Å². The van der Waals surface area contributed by atoms with E-state index < -0.39 is 0 Å². The van der Waals surface area contributed by atoms with Crippen LogP contribution in [0.1, 0.15) is 36.6 Å². The molecule has 126 valence electrons. The molecule has 0 saturated carbocycles. The van der Waals surface area contributed by atoms with Crippen LogP contribution in [0.15, 0.2) is 10.9 Å². The number of nitrogens with zero attached hydrogens (tertiary/aromatic N) is 1. The van der Waals surface area contributed by atoms with Crippen LogP contribution in [-0.4, -0.2) is 41.0 Å². The fraction of sp³-hybridized carbons (Fsp3) is 0.562. The van der Waals surface area contributed by atoms with Gasteiger partial charge in [0.1, 0.15) is 0 Å². The number of aromatic amines is 1. The first-order valence-electron chi connectivity index (χ1n) is 7.88. The van der Waals surface area contributed by atoms with Gasteiger partial charge in [0.25, 0.3) is 5.56 Å². The van der Waals surface area contributed by atoms with Gasteiger partial charge >= 0.3 is 6.03 Å². The van der Waals surface area contributed by atoms with Gasteiger partial charge < -0.3 is 20.5 Å². The molecule has 2 heterocycles. The van der Waals surface area contributed by atoms with Gasteiger partial charge in [-0.3, -0.25) is 9.59 Å². The molecule has 1 aromatic rings. The summed E-state index contributed by atoms with van der Waals surface area (Å²) >= 11 is 0. The van der Waals surface area contributed by atoms with E-state index >= 15 is 0 Å². The second-order valence-electron chi connectivity index (χ2n) is 6.11. The van der Waals surface area contributed by atoms with E-state index in [1.807, 2.05) is 26.8 Å². The zero-order chi connectivity index (χ0) is 17.0. The first kappa shape index (κ1) is 17.1. The summed E-state index contributed by atoms with van der Waals surface area (Å²) in [6, 6.07) is 1.38. The molecule has 2 rings (SSSR count). The molecule has 23 heavy (non-hydrogen) atoms. The first-order chi connectivity index (χ1) is 10.9. The van der Waals surface area contributed by atoms with E-state index in [1.54, 1.807) is 4.90 Å². The highest BCUT2D eigenvalue weighted by Crippen LogP contribution is 2.09. The van der Waals surface area contributed by atoms with E-state index in [-0.39, 0.29) is 30.1 Å². The Kier molecular flexibility index (Phi) is 5.41. The molecule has 1 aliphatic heterocycles. The van der Waals surface area contributed by atoms with Crippen molar-refractivity contribution in [3.8, 4) is 0 Å².